The summed E-state index contributed by atoms with van der Waals surface area (Å²) in [6.07, 6.45) is 1.43. The molecule has 104 valence electrons. The summed E-state index contributed by atoms with van der Waals surface area (Å²) in [4.78, 5) is 11.3. The molecule has 3 rings (SSSR count). The summed E-state index contributed by atoms with van der Waals surface area (Å²) in [5, 5.41) is 17.0. The molecule has 6 nitrogen and oxygen atoms in total. The Morgan fingerprint density at radius 2 is 2.15 bits per heavy atom. The topological polar surface area (TPSA) is 77.2 Å². The summed E-state index contributed by atoms with van der Waals surface area (Å²) in [6, 6.07) is 7.44. The Morgan fingerprint density at radius 3 is 2.75 bits per heavy atom. The Labute approximate surface area is 123 Å². The van der Waals surface area contributed by atoms with Crippen LogP contribution in [0.1, 0.15) is 35.1 Å². The lowest BCUT2D eigenvalue weighted by Gasteiger charge is -2.12. The maximum absolute atomic E-state index is 11.3. The van der Waals surface area contributed by atoms with E-state index in [2.05, 4.69) is 26.2 Å². The zero-order chi connectivity index (χ0) is 14.1. The first-order valence-electron chi connectivity index (χ1n) is 6.23. The number of carboxylic acids is 1. The van der Waals surface area contributed by atoms with Crippen molar-refractivity contribution in [3.05, 3.63) is 40.1 Å². The highest BCUT2D eigenvalue weighted by Crippen LogP contribution is 2.31. The van der Waals surface area contributed by atoms with Crippen molar-refractivity contribution in [3.8, 4) is 5.69 Å². The molecule has 2 heterocycles. The lowest BCUT2D eigenvalue weighted by atomic mass is 10.1. The maximum Gasteiger partial charge on any atom is 0.358 e. The number of aromatic nitrogens is 3. The van der Waals surface area contributed by atoms with E-state index in [0.29, 0.717) is 12.3 Å². The minimum Gasteiger partial charge on any atom is -0.476 e. The number of benzene rings is 1. The van der Waals surface area contributed by atoms with Crippen LogP contribution in [-0.4, -0.2) is 32.7 Å². The minimum atomic E-state index is -1.08. The number of hydrogen-bond donors (Lipinski definition) is 1. The first kappa shape index (κ1) is 13.3. The van der Waals surface area contributed by atoms with Crippen molar-refractivity contribution >= 4 is 21.9 Å². The average Bonchev–Trinajstić information content (AvgIpc) is 3.08. The number of carboxylic acid groups (broad SMARTS) is 1. The molecule has 0 radical (unpaired) electrons. The van der Waals surface area contributed by atoms with Gasteiger partial charge in [-0.25, -0.2) is 9.48 Å². The van der Waals surface area contributed by atoms with Crippen LogP contribution in [-0.2, 0) is 4.74 Å². The van der Waals surface area contributed by atoms with Crippen LogP contribution < -0.4 is 0 Å². The summed E-state index contributed by atoms with van der Waals surface area (Å²) in [6.45, 7) is 0.634. The molecular formula is C13H12BrN3O3. The zero-order valence-electron chi connectivity index (χ0n) is 10.5. The van der Waals surface area contributed by atoms with Gasteiger partial charge in [0.2, 0.25) is 0 Å². The van der Waals surface area contributed by atoms with Gasteiger partial charge in [-0.15, -0.1) is 5.10 Å². The van der Waals surface area contributed by atoms with E-state index < -0.39 is 5.97 Å². The molecule has 2 aromatic rings. The summed E-state index contributed by atoms with van der Waals surface area (Å²) >= 11 is 3.37. The van der Waals surface area contributed by atoms with Gasteiger partial charge < -0.3 is 9.84 Å². The molecule has 1 N–H and O–H groups in total. The van der Waals surface area contributed by atoms with Crippen LogP contribution in [0.25, 0.3) is 5.69 Å². The van der Waals surface area contributed by atoms with Gasteiger partial charge in [0.05, 0.1) is 5.69 Å². The monoisotopic (exact) mass is 337 g/mol. The number of rotatable bonds is 3. The quantitative estimate of drug-likeness (QED) is 0.931. The molecule has 1 aromatic carbocycles. The van der Waals surface area contributed by atoms with E-state index in [4.69, 9.17) is 4.74 Å². The Bertz CT molecular complexity index is 633. The first-order valence-corrected chi connectivity index (χ1v) is 7.02. The molecule has 0 saturated carbocycles. The van der Waals surface area contributed by atoms with E-state index in [9.17, 15) is 9.90 Å². The second-order valence-electron chi connectivity index (χ2n) is 4.52. The second kappa shape index (κ2) is 5.34. The fraction of sp³-hybridized carbons (Fsp3) is 0.308. The van der Waals surface area contributed by atoms with Crippen molar-refractivity contribution < 1.29 is 14.6 Å². The lowest BCUT2D eigenvalue weighted by molar-refractivity contribution is 0.0673. The van der Waals surface area contributed by atoms with E-state index in [1.165, 1.54) is 0 Å². The third kappa shape index (κ3) is 2.34. The molecule has 1 atom stereocenters. The summed E-state index contributed by atoms with van der Waals surface area (Å²) in [5.41, 5.74) is 1.23. The van der Waals surface area contributed by atoms with Gasteiger partial charge in [0.1, 0.15) is 11.8 Å². The average molecular weight is 338 g/mol. The third-order valence-electron chi connectivity index (χ3n) is 3.21. The molecule has 1 aliphatic heterocycles. The lowest BCUT2D eigenvalue weighted by Crippen LogP contribution is -2.11. The van der Waals surface area contributed by atoms with E-state index in [1.807, 2.05) is 24.3 Å². The summed E-state index contributed by atoms with van der Waals surface area (Å²) in [7, 11) is 0. The molecule has 1 aliphatic rings. The van der Waals surface area contributed by atoms with Crippen LogP contribution >= 0.6 is 15.9 Å². The predicted octanol–water partition coefficient (Wildman–Crippen LogP) is 2.58. The van der Waals surface area contributed by atoms with Gasteiger partial charge in [0, 0.05) is 11.1 Å². The Hall–Kier alpha value is -1.73. The molecule has 1 fully saturated rings. The van der Waals surface area contributed by atoms with Crippen molar-refractivity contribution in [2.75, 3.05) is 6.61 Å². The predicted molar refractivity (Wildman–Crippen MR) is 73.9 cm³/mol. The van der Waals surface area contributed by atoms with E-state index in [-0.39, 0.29) is 11.8 Å². The molecule has 7 heteroatoms. The number of ether oxygens (including phenoxy) is 1. The molecule has 0 aliphatic carbocycles. The van der Waals surface area contributed by atoms with E-state index in [0.717, 1.165) is 23.0 Å². The second-order valence-corrected chi connectivity index (χ2v) is 5.43. The number of hydrogen-bond acceptors (Lipinski definition) is 4. The standard InChI is InChI=1S/C13H12BrN3O3/c14-8-3-5-9(6-4-8)17-12(10-2-1-7-20-10)11(13(18)19)15-16-17/h3-6,10H,1-2,7H2,(H,18,19). The fourth-order valence-electron chi connectivity index (χ4n) is 2.30. The van der Waals surface area contributed by atoms with Crippen LogP contribution in [0.4, 0.5) is 0 Å². The number of halogens is 1. The number of carbonyl (C=O) groups is 1. The van der Waals surface area contributed by atoms with Crippen molar-refractivity contribution in [1.82, 2.24) is 15.0 Å². The van der Waals surface area contributed by atoms with Crippen LogP contribution in [0.3, 0.4) is 0 Å². The molecule has 1 aromatic heterocycles. The smallest absolute Gasteiger partial charge is 0.358 e. The first-order chi connectivity index (χ1) is 9.66. The molecule has 0 spiro atoms. The Balaban J connectivity index is 2.10. The van der Waals surface area contributed by atoms with Gasteiger partial charge in [-0.05, 0) is 37.1 Å². The van der Waals surface area contributed by atoms with Crippen molar-refractivity contribution in [2.45, 2.75) is 18.9 Å². The molecule has 1 saturated heterocycles. The maximum atomic E-state index is 11.3. The van der Waals surface area contributed by atoms with E-state index >= 15 is 0 Å². The van der Waals surface area contributed by atoms with Gasteiger partial charge in [-0.2, -0.15) is 0 Å². The van der Waals surface area contributed by atoms with Gasteiger partial charge in [0.25, 0.3) is 0 Å². The summed E-state index contributed by atoms with van der Waals surface area (Å²) in [5.74, 6) is -1.08. The number of nitrogens with zero attached hydrogens (tertiary/aromatic N) is 3. The molecule has 0 amide bonds. The highest BCUT2D eigenvalue weighted by molar-refractivity contribution is 9.10. The molecule has 1 unspecified atom stereocenters. The Kier molecular flexibility index (Phi) is 3.54. The van der Waals surface area contributed by atoms with Gasteiger partial charge in [-0.3, -0.25) is 0 Å². The SMILES string of the molecule is O=C(O)c1nnn(-c2ccc(Br)cc2)c1C1CCCO1. The molecule has 0 bridgehead atoms. The van der Waals surface area contributed by atoms with Crippen molar-refractivity contribution in [3.63, 3.8) is 0 Å². The fourth-order valence-corrected chi connectivity index (χ4v) is 2.56. The minimum absolute atomic E-state index is 0.0418. The number of aromatic carboxylic acids is 1. The van der Waals surface area contributed by atoms with Gasteiger partial charge >= 0.3 is 5.97 Å². The zero-order valence-corrected chi connectivity index (χ0v) is 12.1. The van der Waals surface area contributed by atoms with Crippen LogP contribution in [0.15, 0.2) is 28.7 Å². The van der Waals surface area contributed by atoms with Crippen molar-refractivity contribution in [1.29, 1.82) is 0 Å². The largest absolute Gasteiger partial charge is 0.476 e. The van der Waals surface area contributed by atoms with Gasteiger partial charge in [-0.1, -0.05) is 21.1 Å². The Morgan fingerprint density at radius 1 is 1.40 bits per heavy atom. The normalized spacial score (nSPS) is 18.4. The highest BCUT2D eigenvalue weighted by Gasteiger charge is 2.30. The summed E-state index contributed by atoms with van der Waals surface area (Å²) < 4.78 is 8.09. The van der Waals surface area contributed by atoms with E-state index in [1.54, 1.807) is 4.68 Å². The van der Waals surface area contributed by atoms with Gasteiger partial charge in [0.15, 0.2) is 5.69 Å². The molecule has 20 heavy (non-hydrogen) atoms. The van der Waals surface area contributed by atoms with Crippen LogP contribution in [0, 0.1) is 0 Å². The third-order valence-corrected chi connectivity index (χ3v) is 3.74. The molecular weight excluding hydrogens is 326 g/mol. The van der Waals surface area contributed by atoms with Crippen molar-refractivity contribution in [2.24, 2.45) is 0 Å². The van der Waals surface area contributed by atoms with Crippen LogP contribution in [0.2, 0.25) is 0 Å². The van der Waals surface area contributed by atoms with Crippen LogP contribution in [0.5, 0.6) is 0 Å². The highest BCUT2D eigenvalue weighted by atomic mass is 79.9.